The van der Waals surface area contributed by atoms with Crippen molar-refractivity contribution in [2.24, 2.45) is 17.6 Å². The van der Waals surface area contributed by atoms with Gasteiger partial charge in [0.05, 0.1) is 18.5 Å². The second-order valence-electron chi connectivity index (χ2n) is 5.59. The molecule has 0 radical (unpaired) electrons. The van der Waals surface area contributed by atoms with Crippen LogP contribution >= 0.6 is 0 Å². The van der Waals surface area contributed by atoms with Crippen LogP contribution in [-0.4, -0.2) is 35.7 Å². The van der Waals surface area contributed by atoms with Crippen LogP contribution < -0.4 is 15.4 Å². The van der Waals surface area contributed by atoms with Gasteiger partial charge in [0.15, 0.2) is 5.82 Å². The Balaban J connectivity index is 2.09. The molecule has 0 amide bonds. The monoisotopic (exact) mass is 264 g/mol. The molecule has 5 nitrogen and oxygen atoms in total. The van der Waals surface area contributed by atoms with E-state index in [9.17, 15) is 0 Å². The number of nitrogens with two attached hydrogens (primary N) is 1. The van der Waals surface area contributed by atoms with Crippen LogP contribution in [0.5, 0.6) is 5.88 Å². The van der Waals surface area contributed by atoms with E-state index in [0.29, 0.717) is 17.7 Å². The van der Waals surface area contributed by atoms with Gasteiger partial charge in [-0.2, -0.15) is 4.98 Å². The molecule has 0 bridgehead atoms. The molecule has 1 aromatic rings. The quantitative estimate of drug-likeness (QED) is 0.896. The second kappa shape index (κ2) is 6.19. The minimum Gasteiger partial charge on any atom is -0.474 e. The third-order valence-corrected chi connectivity index (χ3v) is 3.70. The minimum absolute atomic E-state index is 0.114. The van der Waals surface area contributed by atoms with Gasteiger partial charge in [-0.05, 0) is 38.6 Å². The first kappa shape index (κ1) is 14.1. The summed E-state index contributed by atoms with van der Waals surface area (Å²) in [5.41, 5.74) is 5.84. The van der Waals surface area contributed by atoms with Crippen molar-refractivity contribution in [2.75, 3.05) is 24.5 Å². The van der Waals surface area contributed by atoms with Crippen molar-refractivity contribution in [3.63, 3.8) is 0 Å². The smallest absolute Gasteiger partial charge is 0.234 e. The predicted octanol–water partition coefficient (Wildman–Crippen LogP) is 1.68. The lowest BCUT2D eigenvalue weighted by Gasteiger charge is -2.37. The maximum Gasteiger partial charge on any atom is 0.234 e. The Hall–Kier alpha value is -1.36. The van der Waals surface area contributed by atoms with Crippen LogP contribution in [0.2, 0.25) is 0 Å². The fourth-order valence-electron chi connectivity index (χ4n) is 2.45. The fraction of sp³-hybridized carbons (Fsp3) is 0.714. The summed E-state index contributed by atoms with van der Waals surface area (Å²) in [6, 6.07) is 0. The van der Waals surface area contributed by atoms with Crippen molar-refractivity contribution in [2.45, 2.75) is 33.3 Å². The number of ether oxygens (including phenoxy) is 1. The number of hydrogen-bond donors (Lipinski definition) is 1. The summed E-state index contributed by atoms with van der Waals surface area (Å²) in [6.45, 7) is 8.95. The van der Waals surface area contributed by atoms with Gasteiger partial charge < -0.3 is 15.4 Å². The molecule has 106 valence electrons. The van der Waals surface area contributed by atoms with Crippen LogP contribution in [0.1, 0.15) is 27.2 Å². The molecule has 1 aliphatic heterocycles. The molecule has 2 heterocycles. The van der Waals surface area contributed by atoms with Gasteiger partial charge >= 0.3 is 0 Å². The molecule has 2 unspecified atom stereocenters. The average molecular weight is 264 g/mol. The van der Waals surface area contributed by atoms with Crippen molar-refractivity contribution in [3.05, 3.63) is 12.4 Å². The van der Waals surface area contributed by atoms with Crippen molar-refractivity contribution in [3.8, 4) is 5.88 Å². The van der Waals surface area contributed by atoms with E-state index < -0.39 is 0 Å². The molecular weight excluding hydrogens is 240 g/mol. The molecule has 0 aliphatic carbocycles. The van der Waals surface area contributed by atoms with Crippen molar-refractivity contribution >= 4 is 5.82 Å². The summed E-state index contributed by atoms with van der Waals surface area (Å²) in [5.74, 6) is 2.70. The summed E-state index contributed by atoms with van der Waals surface area (Å²) < 4.78 is 5.59. The topological polar surface area (TPSA) is 64.3 Å². The van der Waals surface area contributed by atoms with Crippen LogP contribution in [0.4, 0.5) is 5.82 Å². The maximum absolute atomic E-state index is 5.84. The molecule has 1 aromatic heterocycles. The summed E-state index contributed by atoms with van der Waals surface area (Å²) in [5, 5.41) is 0. The van der Waals surface area contributed by atoms with Crippen LogP contribution in [0.15, 0.2) is 12.4 Å². The van der Waals surface area contributed by atoms with Gasteiger partial charge in [-0.25, -0.2) is 0 Å². The molecule has 1 fully saturated rings. The van der Waals surface area contributed by atoms with Gasteiger partial charge in [-0.15, -0.1) is 0 Å². The number of rotatable bonds is 4. The zero-order valence-corrected chi connectivity index (χ0v) is 12.0. The van der Waals surface area contributed by atoms with Crippen LogP contribution in [0.3, 0.4) is 0 Å². The fourth-order valence-corrected chi connectivity index (χ4v) is 2.45. The first-order chi connectivity index (χ1) is 9.10. The maximum atomic E-state index is 5.84. The zero-order chi connectivity index (χ0) is 13.8. The van der Waals surface area contributed by atoms with E-state index in [0.717, 1.165) is 31.9 Å². The lowest BCUT2D eigenvalue weighted by molar-refractivity contribution is 0.231. The van der Waals surface area contributed by atoms with E-state index in [1.807, 2.05) is 13.8 Å². The van der Waals surface area contributed by atoms with E-state index >= 15 is 0 Å². The van der Waals surface area contributed by atoms with E-state index in [-0.39, 0.29) is 6.10 Å². The lowest BCUT2D eigenvalue weighted by Crippen LogP contribution is -2.43. The summed E-state index contributed by atoms with van der Waals surface area (Å²) in [6.07, 6.45) is 4.73. The molecule has 2 rings (SSSR count). The molecule has 1 aliphatic rings. The van der Waals surface area contributed by atoms with Gasteiger partial charge in [0.2, 0.25) is 5.88 Å². The van der Waals surface area contributed by atoms with Gasteiger partial charge in [0.1, 0.15) is 0 Å². The van der Waals surface area contributed by atoms with Crippen LogP contribution in [0, 0.1) is 11.8 Å². The Labute approximate surface area is 115 Å². The van der Waals surface area contributed by atoms with Gasteiger partial charge in [0, 0.05) is 13.1 Å². The number of piperidine rings is 1. The average Bonchev–Trinajstić information content (AvgIpc) is 2.39. The molecule has 2 N–H and O–H groups in total. The Morgan fingerprint density at radius 1 is 1.47 bits per heavy atom. The molecular formula is C14H24N4O. The SMILES string of the molecule is CC(C)Oc1cncc(N2CCC(C)C(CN)C2)n1. The predicted molar refractivity (Wildman–Crippen MR) is 76.3 cm³/mol. The second-order valence-corrected chi connectivity index (χ2v) is 5.59. The molecule has 0 spiro atoms. The number of nitrogens with zero attached hydrogens (tertiary/aromatic N) is 3. The van der Waals surface area contributed by atoms with Gasteiger partial charge in [-0.3, -0.25) is 4.98 Å². The highest BCUT2D eigenvalue weighted by atomic mass is 16.5. The molecule has 1 saturated heterocycles. The van der Waals surface area contributed by atoms with Crippen molar-refractivity contribution in [1.82, 2.24) is 9.97 Å². The Morgan fingerprint density at radius 2 is 2.26 bits per heavy atom. The molecule has 0 saturated carbocycles. The third kappa shape index (κ3) is 3.56. The van der Waals surface area contributed by atoms with Gasteiger partial charge in [0.25, 0.3) is 0 Å². The zero-order valence-electron chi connectivity index (χ0n) is 12.0. The van der Waals surface area contributed by atoms with Crippen molar-refractivity contribution in [1.29, 1.82) is 0 Å². The third-order valence-electron chi connectivity index (χ3n) is 3.70. The number of anilines is 1. The van der Waals surface area contributed by atoms with E-state index in [4.69, 9.17) is 10.5 Å². The molecule has 2 atom stereocenters. The molecule has 0 aromatic carbocycles. The highest BCUT2D eigenvalue weighted by Gasteiger charge is 2.26. The lowest BCUT2D eigenvalue weighted by atomic mass is 9.87. The molecule has 19 heavy (non-hydrogen) atoms. The highest BCUT2D eigenvalue weighted by Crippen LogP contribution is 2.26. The largest absolute Gasteiger partial charge is 0.474 e. The first-order valence-corrected chi connectivity index (χ1v) is 7.04. The summed E-state index contributed by atoms with van der Waals surface area (Å²) >= 11 is 0. The molecule has 5 heteroatoms. The number of aromatic nitrogens is 2. The Morgan fingerprint density at radius 3 is 2.95 bits per heavy atom. The standard InChI is InChI=1S/C14H24N4O/c1-10(2)19-14-8-16-7-13(17-14)18-5-4-11(3)12(6-15)9-18/h7-8,10-12H,4-6,9,15H2,1-3H3. The van der Waals surface area contributed by atoms with Crippen LogP contribution in [0.25, 0.3) is 0 Å². The summed E-state index contributed by atoms with van der Waals surface area (Å²) in [4.78, 5) is 11.0. The normalized spacial score (nSPS) is 23.7. The first-order valence-electron chi connectivity index (χ1n) is 7.04. The number of hydrogen-bond acceptors (Lipinski definition) is 5. The Kier molecular flexibility index (Phi) is 4.58. The highest BCUT2D eigenvalue weighted by molar-refractivity contribution is 5.38. The summed E-state index contributed by atoms with van der Waals surface area (Å²) in [7, 11) is 0. The van der Waals surface area contributed by atoms with E-state index in [2.05, 4.69) is 21.8 Å². The van der Waals surface area contributed by atoms with Gasteiger partial charge in [-0.1, -0.05) is 6.92 Å². The van der Waals surface area contributed by atoms with Crippen LogP contribution in [-0.2, 0) is 0 Å². The minimum atomic E-state index is 0.114. The van der Waals surface area contributed by atoms with Crippen molar-refractivity contribution < 1.29 is 4.74 Å². The van der Waals surface area contributed by atoms with E-state index in [1.54, 1.807) is 12.4 Å². The van der Waals surface area contributed by atoms with E-state index in [1.165, 1.54) is 0 Å². The Bertz CT molecular complexity index is 410.